The minimum atomic E-state index is -0.605. The number of halogens is 1. The Balaban J connectivity index is 1.45. The van der Waals surface area contributed by atoms with Gasteiger partial charge in [0.1, 0.15) is 16.6 Å². The Morgan fingerprint density at radius 1 is 1.21 bits per heavy atom. The summed E-state index contributed by atoms with van der Waals surface area (Å²) in [7, 11) is 1.59. The third-order valence-electron chi connectivity index (χ3n) is 4.64. The van der Waals surface area contributed by atoms with Crippen molar-refractivity contribution >= 4 is 34.0 Å². The van der Waals surface area contributed by atoms with E-state index in [9.17, 15) is 14.0 Å². The molecule has 2 amide bonds. The van der Waals surface area contributed by atoms with Crippen LogP contribution < -0.4 is 15.0 Å². The average molecular weight is 412 g/mol. The lowest BCUT2D eigenvalue weighted by molar-refractivity contribution is -0.117. The number of ether oxygens (including phenoxy) is 1. The van der Waals surface area contributed by atoms with Crippen LogP contribution in [0.5, 0.6) is 5.75 Å². The minimum Gasteiger partial charge on any atom is -0.497 e. The van der Waals surface area contributed by atoms with Gasteiger partial charge in [-0.25, -0.2) is 4.39 Å². The van der Waals surface area contributed by atoms with Gasteiger partial charge in [0.15, 0.2) is 0 Å². The molecule has 1 aliphatic heterocycles. The molecule has 9 heteroatoms. The van der Waals surface area contributed by atoms with Gasteiger partial charge in [0, 0.05) is 24.6 Å². The highest BCUT2D eigenvalue weighted by Gasteiger charge is 2.34. The summed E-state index contributed by atoms with van der Waals surface area (Å²) < 4.78 is 18.9. The van der Waals surface area contributed by atoms with Crippen molar-refractivity contribution in [3.63, 3.8) is 0 Å². The highest BCUT2D eigenvalue weighted by Crippen LogP contribution is 2.34. The van der Waals surface area contributed by atoms with Gasteiger partial charge in [0.25, 0.3) is 5.91 Å². The van der Waals surface area contributed by atoms with E-state index in [1.54, 1.807) is 30.2 Å². The fourth-order valence-electron chi connectivity index (χ4n) is 3.14. The first-order valence-electron chi connectivity index (χ1n) is 8.89. The number of anilines is 2. The van der Waals surface area contributed by atoms with Crippen molar-refractivity contribution in [3.05, 3.63) is 64.9 Å². The van der Waals surface area contributed by atoms with Crippen LogP contribution in [0, 0.1) is 5.82 Å². The molecule has 3 aromatic rings. The van der Waals surface area contributed by atoms with Crippen molar-refractivity contribution in [2.45, 2.75) is 12.3 Å². The monoisotopic (exact) mass is 412 g/mol. The molecule has 7 nitrogen and oxygen atoms in total. The largest absolute Gasteiger partial charge is 0.497 e. The normalized spacial score (nSPS) is 16.1. The first-order valence-corrected chi connectivity index (χ1v) is 9.70. The van der Waals surface area contributed by atoms with Crippen LogP contribution in [-0.2, 0) is 4.79 Å². The predicted molar refractivity (Wildman–Crippen MR) is 107 cm³/mol. The molecule has 1 unspecified atom stereocenters. The number of amides is 2. The highest BCUT2D eigenvalue weighted by molar-refractivity contribution is 7.15. The van der Waals surface area contributed by atoms with Crippen LogP contribution in [0.15, 0.2) is 48.5 Å². The van der Waals surface area contributed by atoms with Crippen LogP contribution in [-0.4, -0.2) is 35.7 Å². The van der Waals surface area contributed by atoms with Gasteiger partial charge >= 0.3 is 0 Å². The van der Waals surface area contributed by atoms with Gasteiger partial charge in [-0.3, -0.25) is 14.9 Å². The van der Waals surface area contributed by atoms with Crippen molar-refractivity contribution in [2.75, 3.05) is 23.9 Å². The van der Waals surface area contributed by atoms with Crippen molar-refractivity contribution in [1.82, 2.24) is 10.2 Å². The van der Waals surface area contributed by atoms with E-state index < -0.39 is 11.7 Å². The SMILES string of the molecule is COc1ccc(N2CC(c3nnc(NC(=O)c4ccccc4F)s3)CC2=O)cc1. The second-order valence-electron chi connectivity index (χ2n) is 6.48. The van der Waals surface area contributed by atoms with E-state index in [1.165, 1.54) is 29.5 Å². The molecule has 2 aromatic carbocycles. The molecule has 1 N–H and O–H groups in total. The highest BCUT2D eigenvalue weighted by atomic mass is 32.1. The standard InChI is InChI=1S/C20H17FN4O3S/c1-28-14-8-6-13(7-9-14)25-11-12(10-17(25)26)19-23-24-20(29-19)22-18(27)15-4-2-3-5-16(15)21/h2-9,12H,10-11H2,1H3,(H,22,24,27). The summed E-state index contributed by atoms with van der Waals surface area (Å²) in [4.78, 5) is 26.4. The van der Waals surface area contributed by atoms with Crippen molar-refractivity contribution in [1.29, 1.82) is 0 Å². The van der Waals surface area contributed by atoms with E-state index >= 15 is 0 Å². The number of carbonyl (C=O) groups is 2. The molecule has 2 heterocycles. The minimum absolute atomic E-state index is 0.00712. The van der Waals surface area contributed by atoms with Gasteiger partial charge in [-0.05, 0) is 36.4 Å². The number of aromatic nitrogens is 2. The second-order valence-corrected chi connectivity index (χ2v) is 7.49. The van der Waals surface area contributed by atoms with E-state index in [4.69, 9.17) is 4.74 Å². The lowest BCUT2D eigenvalue weighted by Crippen LogP contribution is -2.24. The molecule has 0 aliphatic carbocycles. The Kier molecular flexibility index (Phi) is 5.22. The van der Waals surface area contributed by atoms with E-state index in [2.05, 4.69) is 15.5 Å². The quantitative estimate of drug-likeness (QED) is 0.694. The first-order chi connectivity index (χ1) is 14.0. The van der Waals surface area contributed by atoms with Crippen LogP contribution in [0.1, 0.15) is 27.7 Å². The number of rotatable bonds is 5. The van der Waals surface area contributed by atoms with Crippen LogP contribution in [0.2, 0.25) is 0 Å². The number of benzene rings is 2. The maximum atomic E-state index is 13.7. The number of methoxy groups -OCH3 is 1. The smallest absolute Gasteiger partial charge is 0.260 e. The first kappa shape index (κ1) is 19.0. The van der Waals surface area contributed by atoms with E-state index in [0.29, 0.717) is 18.0 Å². The molecule has 0 saturated carbocycles. The van der Waals surface area contributed by atoms with Gasteiger partial charge in [-0.2, -0.15) is 0 Å². The molecule has 1 atom stereocenters. The molecule has 1 fully saturated rings. The van der Waals surface area contributed by atoms with Gasteiger partial charge in [-0.1, -0.05) is 23.5 Å². The van der Waals surface area contributed by atoms with Gasteiger partial charge in [0.2, 0.25) is 11.0 Å². The molecule has 148 valence electrons. The van der Waals surface area contributed by atoms with Crippen LogP contribution in [0.4, 0.5) is 15.2 Å². The number of nitrogens with zero attached hydrogens (tertiary/aromatic N) is 3. The van der Waals surface area contributed by atoms with E-state index in [1.807, 2.05) is 12.1 Å². The van der Waals surface area contributed by atoms with Crippen LogP contribution in [0.3, 0.4) is 0 Å². The molecular formula is C20H17FN4O3S. The maximum Gasteiger partial charge on any atom is 0.260 e. The molecule has 1 aromatic heterocycles. The summed E-state index contributed by atoms with van der Waals surface area (Å²) >= 11 is 1.19. The molecule has 0 spiro atoms. The summed E-state index contributed by atoms with van der Waals surface area (Å²) in [6.45, 7) is 0.473. The van der Waals surface area contributed by atoms with Crippen LogP contribution >= 0.6 is 11.3 Å². The Morgan fingerprint density at radius 2 is 1.97 bits per heavy atom. The summed E-state index contributed by atoms with van der Waals surface area (Å²) in [5, 5.41) is 11.6. The van der Waals surface area contributed by atoms with Crippen molar-refractivity contribution in [3.8, 4) is 5.75 Å². The Bertz CT molecular complexity index is 1050. The average Bonchev–Trinajstić information content (AvgIpc) is 3.35. The van der Waals surface area contributed by atoms with Crippen molar-refractivity contribution in [2.24, 2.45) is 0 Å². The third kappa shape index (κ3) is 3.95. The lowest BCUT2D eigenvalue weighted by Gasteiger charge is -2.16. The molecule has 0 bridgehead atoms. The summed E-state index contributed by atoms with van der Waals surface area (Å²) in [5.74, 6) is -0.607. The second kappa shape index (κ2) is 7.96. The zero-order valence-corrected chi connectivity index (χ0v) is 16.3. The molecule has 4 rings (SSSR count). The zero-order valence-electron chi connectivity index (χ0n) is 15.5. The third-order valence-corrected chi connectivity index (χ3v) is 5.64. The van der Waals surface area contributed by atoms with E-state index in [-0.39, 0.29) is 22.5 Å². The number of hydrogen-bond donors (Lipinski definition) is 1. The fraction of sp³-hybridized carbons (Fsp3) is 0.200. The fourth-order valence-corrected chi connectivity index (χ4v) is 3.97. The molecular weight excluding hydrogens is 395 g/mol. The van der Waals surface area contributed by atoms with E-state index in [0.717, 1.165) is 11.4 Å². The maximum absolute atomic E-state index is 13.7. The Labute approximate surface area is 170 Å². The zero-order chi connectivity index (χ0) is 20.4. The molecule has 1 aliphatic rings. The number of hydrogen-bond acceptors (Lipinski definition) is 6. The molecule has 0 radical (unpaired) electrons. The molecule has 29 heavy (non-hydrogen) atoms. The van der Waals surface area contributed by atoms with Crippen molar-refractivity contribution < 1.29 is 18.7 Å². The summed E-state index contributed by atoms with van der Waals surface area (Å²) in [6, 6.07) is 13.0. The summed E-state index contributed by atoms with van der Waals surface area (Å²) in [6.07, 6.45) is 0.307. The predicted octanol–water partition coefficient (Wildman–Crippen LogP) is 3.46. The van der Waals surface area contributed by atoms with Gasteiger partial charge < -0.3 is 9.64 Å². The topological polar surface area (TPSA) is 84.4 Å². The number of nitrogens with one attached hydrogen (secondary N) is 1. The summed E-state index contributed by atoms with van der Waals surface area (Å²) in [5.41, 5.74) is 0.724. The Hall–Kier alpha value is -3.33. The van der Waals surface area contributed by atoms with Gasteiger partial charge in [0.05, 0.1) is 12.7 Å². The molecule has 1 saturated heterocycles. The lowest BCUT2D eigenvalue weighted by atomic mass is 10.1. The number of carbonyl (C=O) groups excluding carboxylic acids is 2. The van der Waals surface area contributed by atoms with Gasteiger partial charge in [-0.15, -0.1) is 10.2 Å². The van der Waals surface area contributed by atoms with Crippen LogP contribution in [0.25, 0.3) is 0 Å². The Morgan fingerprint density at radius 3 is 2.69 bits per heavy atom.